The van der Waals surface area contributed by atoms with Crippen LogP contribution in [0.2, 0.25) is 0 Å². The van der Waals surface area contributed by atoms with Gasteiger partial charge in [-0.15, -0.1) is 11.3 Å². The van der Waals surface area contributed by atoms with E-state index in [4.69, 9.17) is 9.47 Å². The molecule has 1 aliphatic rings. The predicted molar refractivity (Wildman–Crippen MR) is 88.1 cm³/mol. The number of esters is 1. The van der Waals surface area contributed by atoms with E-state index in [0.29, 0.717) is 18.9 Å². The number of hydrogen-bond donors (Lipinski definition) is 0. The summed E-state index contributed by atoms with van der Waals surface area (Å²) in [6, 6.07) is 0.176. The summed E-state index contributed by atoms with van der Waals surface area (Å²) in [7, 11) is 1.78. The second-order valence-corrected chi connectivity index (χ2v) is 6.10. The third-order valence-electron chi connectivity index (χ3n) is 3.82. The normalized spacial score (nSPS) is 15.3. The molecule has 1 fully saturated rings. The zero-order chi connectivity index (χ0) is 16.8. The lowest BCUT2D eigenvalue weighted by Crippen LogP contribution is -2.45. The molecule has 1 amide bonds. The van der Waals surface area contributed by atoms with Crippen LogP contribution in [-0.4, -0.2) is 61.3 Å². The molecule has 1 aromatic heterocycles. The van der Waals surface area contributed by atoms with Gasteiger partial charge in [0.1, 0.15) is 0 Å². The number of rotatable bonds is 5. The standard InChI is InChI=1S/C15H23N3O4S/c1-4-21-13(19)12-10-23-14(16-12)18-8-6-11(7-9-18)17(3)15(20)22-5-2/h10-11H,4-9H2,1-3H3. The van der Waals surface area contributed by atoms with E-state index in [0.717, 1.165) is 31.1 Å². The lowest BCUT2D eigenvalue weighted by molar-refractivity contribution is 0.0520. The topological polar surface area (TPSA) is 72.0 Å². The molecule has 2 rings (SSSR count). The molecule has 2 heterocycles. The van der Waals surface area contributed by atoms with Gasteiger partial charge in [0.2, 0.25) is 0 Å². The first kappa shape index (κ1) is 17.5. The van der Waals surface area contributed by atoms with Crippen molar-refractivity contribution in [3.8, 4) is 0 Å². The van der Waals surface area contributed by atoms with Gasteiger partial charge in [0, 0.05) is 31.6 Å². The molecular formula is C15H23N3O4S. The maximum atomic E-state index is 11.8. The van der Waals surface area contributed by atoms with Gasteiger partial charge in [0.05, 0.1) is 13.2 Å². The molecule has 8 heteroatoms. The maximum absolute atomic E-state index is 11.8. The van der Waals surface area contributed by atoms with E-state index in [-0.39, 0.29) is 18.1 Å². The van der Waals surface area contributed by atoms with E-state index >= 15 is 0 Å². The highest BCUT2D eigenvalue weighted by Crippen LogP contribution is 2.26. The van der Waals surface area contributed by atoms with Crippen LogP contribution in [0.5, 0.6) is 0 Å². The number of amides is 1. The Hall–Kier alpha value is -1.83. The molecule has 128 valence electrons. The SMILES string of the molecule is CCOC(=O)c1csc(N2CCC(N(C)C(=O)OCC)CC2)n1. The number of nitrogens with zero attached hydrogens (tertiary/aromatic N) is 3. The van der Waals surface area contributed by atoms with Crippen molar-refractivity contribution >= 4 is 28.5 Å². The molecule has 0 unspecified atom stereocenters. The van der Waals surface area contributed by atoms with Crippen molar-refractivity contribution in [3.63, 3.8) is 0 Å². The minimum absolute atomic E-state index is 0.176. The fourth-order valence-corrected chi connectivity index (χ4v) is 3.38. The van der Waals surface area contributed by atoms with Crippen LogP contribution in [0.1, 0.15) is 37.2 Å². The van der Waals surface area contributed by atoms with E-state index in [1.54, 1.807) is 31.2 Å². The zero-order valence-corrected chi connectivity index (χ0v) is 14.6. The Morgan fingerprint density at radius 2 is 1.96 bits per heavy atom. The van der Waals surface area contributed by atoms with E-state index in [1.807, 2.05) is 0 Å². The van der Waals surface area contributed by atoms with Crippen LogP contribution in [0.15, 0.2) is 5.38 Å². The first-order chi connectivity index (χ1) is 11.1. The lowest BCUT2D eigenvalue weighted by atomic mass is 10.0. The summed E-state index contributed by atoms with van der Waals surface area (Å²) in [6.07, 6.45) is 1.43. The minimum Gasteiger partial charge on any atom is -0.461 e. The molecule has 0 aromatic carbocycles. The van der Waals surface area contributed by atoms with Crippen molar-refractivity contribution in [1.29, 1.82) is 0 Å². The molecule has 0 bridgehead atoms. The average Bonchev–Trinajstić information content (AvgIpc) is 3.05. The predicted octanol–water partition coefficient (Wildman–Crippen LogP) is 2.38. The molecule has 1 aromatic rings. The minimum atomic E-state index is -0.382. The van der Waals surface area contributed by atoms with E-state index < -0.39 is 0 Å². The molecule has 0 N–H and O–H groups in total. The molecule has 0 saturated carbocycles. The van der Waals surface area contributed by atoms with E-state index in [9.17, 15) is 9.59 Å². The molecule has 7 nitrogen and oxygen atoms in total. The van der Waals surface area contributed by atoms with Gasteiger partial charge in [-0.3, -0.25) is 0 Å². The quantitative estimate of drug-likeness (QED) is 0.766. The molecule has 1 saturated heterocycles. The van der Waals surface area contributed by atoms with Crippen LogP contribution in [0.25, 0.3) is 0 Å². The van der Waals surface area contributed by atoms with Crippen molar-refractivity contribution in [2.75, 3.05) is 38.3 Å². The number of ether oxygens (including phenoxy) is 2. The number of hydrogen-bond acceptors (Lipinski definition) is 7. The van der Waals surface area contributed by atoms with E-state index in [2.05, 4.69) is 9.88 Å². The van der Waals surface area contributed by atoms with Crippen molar-refractivity contribution in [2.24, 2.45) is 0 Å². The summed E-state index contributed by atoms with van der Waals surface area (Å²) < 4.78 is 9.99. The second kappa shape index (κ2) is 8.14. The summed E-state index contributed by atoms with van der Waals surface area (Å²) in [4.78, 5) is 31.6. The summed E-state index contributed by atoms with van der Waals surface area (Å²) >= 11 is 1.44. The fourth-order valence-electron chi connectivity index (χ4n) is 2.53. The number of aromatic nitrogens is 1. The monoisotopic (exact) mass is 341 g/mol. The number of carbonyl (C=O) groups is 2. The highest BCUT2D eigenvalue weighted by Gasteiger charge is 2.27. The smallest absolute Gasteiger partial charge is 0.409 e. The summed E-state index contributed by atoms with van der Waals surface area (Å²) in [6.45, 7) is 5.90. The van der Waals surface area contributed by atoms with Crippen LogP contribution >= 0.6 is 11.3 Å². The second-order valence-electron chi connectivity index (χ2n) is 5.26. The van der Waals surface area contributed by atoms with Crippen LogP contribution < -0.4 is 4.90 Å². The molecule has 0 aliphatic carbocycles. The summed E-state index contributed by atoms with van der Waals surface area (Å²) in [5, 5.41) is 2.55. The molecule has 0 atom stereocenters. The van der Waals surface area contributed by atoms with Crippen LogP contribution in [0.4, 0.5) is 9.93 Å². The Morgan fingerprint density at radius 3 is 2.57 bits per heavy atom. The third-order valence-corrected chi connectivity index (χ3v) is 4.72. The van der Waals surface area contributed by atoms with Crippen LogP contribution in [-0.2, 0) is 9.47 Å². The molecule has 0 radical (unpaired) electrons. The first-order valence-electron chi connectivity index (χ1n) is 7.84. The van der Waals surface area contributed by atoms with Gasteiger partial charge in [0.25, 0.3) is 0 Å². The Labute approximate surface area is 140 Å². The van der Waals surface area contributed by atoms with Gasteiger partial charge < -0.3 is 19.3 Å². The maximum Gasteiger partial charge on any atom is 0.409 e. The number of thiazole rings is 1. The van der Waals surface area contributed by atoms with E-state index in [1.165, 1.54) is 11.3 Å². The van der Waals surface area contributed by atoms with Crippen molar-refractivity contribution in [3.05, 3.63) is 11.1 Å². The van der Waals surface area contributed by atoms with Crippen LogP contribution in [0.3, 0.4) is 0 Å². The van der Waals surface area contributed by atoms with Gasteiger partial charge in [-0.1, -0.05) is 0 Å². The molecular weight excluding hydrogens is 318 g/mol. The number of anilines is 1. The highest BCUT2D eigenvalue weighted by molar-refractivity contribution is 7.13. The van der Waals surface area contributed by atoms with Gasteiger partial charge in [0.15, 0.2) is 10.8 Å². The lowest BCUT2D eigenvalue weighted by Gasteiger charge is -2.36. The Morgan fingerprint density at radius 1 is 1.30 bits per heavy atom. The summed E-state index contributed by atoms with van der Waals surface area (Å²) in [5.41, 5.74) is 0.359. The Balaban J connectivity index is 1.89. The highest BCUT2D eigenvalue weighted by atomic mass is 32.1. The van der Waals surface area contributed by atoms with Crippen LogP contribution in [0, 0.1) is 0 Å². The largest absolute Gasteiger partial charge is 0.461 e. The number of carbonyl (C=O) groups excluding carboxylic acids is 2. The average molecular weight is 341 g/mol. The van der Waals surface area contributed by atoms with Crippen molar-refractivity contribution < 1.29 is 19.1 Å². The Bertz CT molecular complexity index is 541. The molecule has 0 spiro atoms. The first-order valence-corrected chi connectivity index (χ1v) is 8.72. The molecule has 23 heavy (non-hydrogen) atoms. The third kappa shape index (κ3) is 4.34. The van der Waals surface area contributed by atoms with Gasteiger partial charge in [-0.25, -0.2) is 14.6 Å². The van der Waals surface area contributed by atoms with Gasteiger partial charge in [-0.05, 0) is 26.7 Å². The van der Waals surface area contributed by atoms with Crippen molar-refractivity contribution in [2.45, 2.75) is 32.7 Å². The zero-order valence-electron chi connectivity index (χ0n) is 13.8. The molecule has 1 aliphatic heterocycles. The van der Waals surface area contributed by atoms with Crippen molar-refractivity contribution in [1.82, 2.24) is 9.88 Å². The number of piperidine rings is 1. The fraction of sp³-hybridized carbons (Fsp3) is 0.667. The Kier molecular flexibility index (Phi) is 6.20. The summed E-state index contributed by atoms with van der Waals surface area (Å²) in [5.74, 6) is -0.382. The van der Waals surface area contributed by atoms with Gasteiger partial charge in [-0.2, -0.15) is 0 Å². The van der Waals surface area contributed by atoms with Gasteiger partial charge >= 0.3 is 12.1 Å².